The molecule has 1 aliphatic rings. The van der Waals surface area contributed by atoms with Gasteiger partial charge in [-0.15, -0.1) is 0 Å². The molecule has 0 spiro atoms. The van der Waals surface area contributed by atoms with Crippen LogP contribution in [-0.4, -0.2) is 21.9 Å². The molecule has 0 saturated carbocycles. The van der Waals surface area contributed by atoms with Crippen LogP contribution in [0.1, 0.15) is 16.9 Å². The maximum atomic E-state index is 14.3. The fourth-order valence-electron chi connectivity index (χ4n) is 3.41. The van der Waals surface area contributed by atoms with Crippen LogP contribution in [0, 0.1) is 29.8 Å². The topological polar surface area (TPSA) is 106 Å². The number of nitrogens with zero attached hydrogens (tertiary/aromatic N) is 2. The first-order chi connectivity index (χ1) is 15.7. The van der Waals surface area contributed by atoms with Gasteiger partial charge < -0.3 is 4.42 Å². The summed E-state index contributed by atoms with van der Waals surface area (Å²) in [4.78, 5) is 37.2. The maximum Gasteiger partial charge on any atom is 0.273 e. The molecule has 1 aromatic heterocycles. The van der Waals surface area contributed by atoms with Gasteiger partial charge in [-0.2, -0.15) is 0 Å². The Morgan fingerprint density at radius 2 is 1.88 bits per heavy atom. The van der Waals surface area contributed by atoms with Crippen LogP contribution in [0.25, 0.3) is 17.4 Å². The van der Waals surface area contributed by atoms with Crippen molar-refractivity contribution in [3.05, 3.63) is 86.9 Å². The van der Waals surface area contributed by atoms with Crippen LogP contribution in [0.5, 0.6) is 0 Å². The van der Waals surface area contributed by atoms with Crippen LogP contribution in [0.4, 0.5) is 15.8 Å². The molecule has 0 bridgehead atoms. The zero-order valence-electron chi connectivity index (χ0n) is 17.4. The summed E-state index contributed by atoms with van der Waals surface area (Å²) in [6.07, 6.45) is 1.21. The minimum absolute atomic E-state index is 0.0443. The van der Waals surface area contributed by atoms with E-state index < -0.39 is 22.6 Å². The number of nitrogens with one attached hydrogen (secondary N) is 1. The fraction of sp³-hybridized carbons (Fsp3) is 0.0870. The first-order valence-corrected chi connectivity index (χ1v) is 10.1. The molecule has 8 nitrogen and oxygen atoms in total. The Hall–Kier alpha value is -4.18. The third-order valence-electron chi connectivity index (χ3n) is 5.23. The van der Waals surface area contributed by atoms with Gasteiger partial charge in [0.15, 0.2) is 5.11 Å². The number of para-hydroxylation sites is 1. The number of nitro benzene ring substituents is 1. The quantitative estimate of drug-likeness (QED) is 0.201. The fourth-order valence-corrected chi connectivity index (χ4v) is 3.68. The maximum absolute atomic E-state index is 14.3. The van der Waals surface area contributed by atoms with Gasteiger partial charge in [-0.3, -0.25) is 25.0 Å². The predicted molar refractivity (Wildman–Crippen MR) is 123 cm³/mol. The van der Waals surface area contributed by atoms with Crippen molar-refractivity contribution in [2.75, 3.05) is 4.90 Å². The molecular formula is C23H16FN3O5S. The molecule has 1 fully saturated rings. The third kappa shape index (κ3) is 4.03. The van der Waals surface area contributed by atoms with Crippen molar-refractivity contribution in [3.8, 4) is 11.3 Å². The average Bonchev–Trinajstić information content (AvgIpc) is 3.22. The number of aryl methyl sites for hydroxylation is 1. The lowest BCUT2D eigenvalue weighted by atomic mass is 10.0. The number of nitro groups is 1. The van der Waals surface area contributed by atoms with E-state index in [1.807, 2.05) is 0 Å². The Morgan fingerprint density at radius 3 is 2.58 bits per heavy atom. The van der Waals surface area contributed by atoms with Crippen LogP contribution in [0.2, 0.25) is 0 Å². The molecule has 10 heteroatoms. The van der Waals surface area contributed by atoms with Gasteiger partial charge in [-0.25, -0.2) is 9.29 Å². The van der Waals surface area contributed by atoms with Gasteiger partial charge >= 0.3 is 0 Å². The molecule has 0 radical (unpaired) electrons. The number of benzene rings is 2. The first kappa shape index (κ1) is 22.0. The van der Waals surface area contributed by atoms with E-state index >= 15 is 0 Å². The van der Waals surface area contributed by atoms with E-state index in [0.717, 1.165) is 4.90 Å². The lowest BCUT2D eigenvalue weighted by Crippen LogP contribution is -2.54. The summed E-state index contributed by atoms with van der Waals surface area (Å²) in [5.41, 5.74) is 1.29. The average molecular weight is 465 g/mol. The zero-order valence-corrected chi connectivity index (χ0v) is 18.2. The Morgan fingerprint density at radius 1 is 1.15 bits per heavy atom. The second-order valence-electron chi connectivity index (χ2n) is 7.31. The summed E-state index contributed by atoms with van der Waals surface area (Å²) in [7, 11) is 0. The van der Waals surface area contributed by atoms with Crippen LogP contribution >= 0.6 is 12.2 Å². The van der Waals surface area contributed by atoms with E-state index in [-0.39, 0.29) is 27.8 Å². The second-order valence-corrected chi connectivity index (χ2v) is 7.69. The normalized spacial score (nSPS) is 15.2. The number of amides is 2. The lowest BCUT2D eigenvalue weighted by Gasteiger charge is -2.28. The highest BCUT2D eigenvalue weighted by Gasteiger charge is 2.36. The Labute approximate surface area is 192 Å². The number of carbonyl (C=O) groups excluding carboxylic acids is 2. The molecule has 0 aliphatic carbocycles. The highest BCUT2D eigenvalue weighted by atomic mass is 32.1. The SMILES string of the molecule is Cc1cc(-c2ccc(/C=C3\C(=O)NC(=S)N(c4ccccc4F)C3=O)o2)cc([N+](=O)[O-])c1C. The highest BCUT2D eigenvalue weighted by molar-refractivity contribution is 7.80. The van der Waals surface area contributed by atoms with E-state index in [4.69, 9.17) is 16.6 Å². The van der Waals surface area contributed by atoms with Crippen LogP contribution in [-0.2, 0) is 9.59 Å². The van der Waals surface area contributed by atoms with Crippen molar-refractivity contribution in [2.24, 2.45) is 0 Å². The molecule has 1 saturated heterocycles. The van der Waals surface area contributed by atoms with Gasteiger partial charge in [0.2, 0.25) is 0 Å². The minimum Gasteiger partial charge on any atom is -0.457 e. The number of hydrogen-bond acceptors (Lipinski definition) is 6. The minimum atomic E-state index is -0.811. The Balaban J connectivity index is 1.71. The van der Waals surface area contributed by atoms with Gasteiger partial charge in [-0.1, -0.05) is 12.1 Å². The molecule has 0 unspecified atom stereocenters. The first-order valence-electron chi connectivity index (χ1n) is 9.69. The molecule has 3 aromatic rings. The lowest BCUT2D eigenvalue weighted by molar-refractivity contribution is -0.385. The van der Waals surface area contributed by atoms with Gasteiger partial charge in [0.05, 0.1) is 10.6 Å². The summed E-state index contributed by atoms with van der Waals surface area (Å²) >= 11 is 5.07. The summed E-state index contributed by atoms with van der Waals surface area (Å²) in [5.74, 6) is -1.77. The summed E-state index contributed by atoms with van der Waals surface area (Å²) < 4.78 is 20.0. The molecule has 0 atom stereocenters. The molecule has 4 rings (SSSR count). The molecule has 1 N–H and O–H groups in total. The van der Waals surface area contributed by atoms with Crippen molar-refractivity contribution in [1.82, 2.24) is 5.32 Å². The predicted octanol–water partition coefficient (Wildman–Crippen LogP) is 4.44. The molecule has 1 aliphatic heterocycles. The van der Waals surface area contributed by atoms with Crippen molar-refractivity contribution < 1.29 is 23.3 Å². The molecule has 2 amide bonds. The van der Waals surface area contributed by atoms with Crippen LogP contribution < -0.4 is 10.2 Å². The number of thiocarbonyl (C=S) groups is 1. The number of hydrogen-bond donors (Lipinski definition) is 1. The summed E-state index contributed by atoms with van der Waals surface area (Å²) in [5, 5.41) is 13.5. The third-order valence-corrected chi connectivity index (χ3v) is 5.51. The summed E-state index contributed by atoms with van der Waals surface area (Å²) in [6, 6.07) is 11.8. The Kier molecular flexibility index (Phi) is 5.60. The van der Waals surface area contributed by atoms with E-state index in [1.165, 1.54) is 42.5 Å². The van der Waals surface area contributed by atoms with E-state index in [0.29, 0.717) is 22.5 Å². The second kappa shape index (κ2) is 8.40. The van der Waals surface area contributed by atoms with E-state index in [9.17, 15) is 24.1 Å². The molecule has 2 heterocycles. The molecular weight excluding hydrogens is 449 g/mol. The summed E-state index contributed by atoms with van der Waals surface area (Å²) in [6.45, 7) is 3.41. The molecule has 2 aromatic carbocycles. The standard InChI is InChI=1S/C23H16FN3O5S/c1-12-9-14(10-19(13(12)2)27(30)31)20-8-7-15(32-20)11-16-21(28)25-23(33)26(22(16)29)18-6-4-3-5-17(18)24/h3-11H,1-2H3,(H,25,28,33)/b16-11+. The number of halogens is 1. The van der Waals surface area contributed by atoms with Crippen LogP contribution in [0.3, 0.4) is 0 Å². The van der Waals surface area contributed by atoms with Crippen LogP contribution in [0.15, 0.2) is 58.5 Å². The number of rotatable bonds is 4. The largest absolute Gasteiger partial charge is 0.457 e. The number of anilines is 1. The number of carbonyl (C=O) groups is 2. The van der Waals surface area contributed by atoms with E-state index in [2.05, 4.69) is 5.32 Å². The zero-order chi connectivity index (χ0) is 23.9. The van der Waals surface area contributed by atoms with Gasteiger partial charge in [0, 0.05) is 17.2 Å². The van der Waals surface area contributed by atoms with Gasteiger partial charge in [0.25, 0.3) is 17.5 Å². The smallest absolute Gasteiger partial charge is 0.273 e. The van der Waals surface area contributed by atoms with E-state index in [1.54, 1.807) is 26.0 Å². The number of furan rings is 1. The van der Waals surface area contributed by atoms with Gasteiger partial charge in [0.1, 0.15) is 22.9 Å². The highest BCUT2D eigenvalue weighted by Crippen LogP contribution is 2.32. The van der Waals surface area contributed by atoms with Crippen molar-refractivity contribution in [3.63, 3.8) is 0 Å². The Bertz CT molecular complexity index is 1380. The molecule has 33 heavy (non-hydrogen) atoms. The van der Waals surface area contributed by atoms with Crippen molar-refractivity contribution in [1.29, 1.82) is 0 Å². The van der Waals surface area contributed by atoms with Gasteiger partial charge in [-0.05, 0) is 68.0 Å². The van der Waals surface area contributed by atoms with Crippen molar-refractivity contribution >= 4 is 46.6 Å². The monoisotopic (exact) mass is 465 g/mol. The molecule has 166 valence electrons. The van der Waals surface area contributed by atoms with Crippen molar-refractivity contribution in [2.45, 2.75) is 13.8 Å².